The number of aromatic nitrogens is 2. The lowest BCUT2D eigenvalue weighted by Gasteiger charge is -2.56. The van der Waals surface area contributed by atoms with Crippen molar-refractivity contribution in [2.75, 3.05) is 6.54 Å². The quantitative estimate of drug-likeness (QED) is 0.928. The average Bonchev–Trinajstić information content (AvgIpc) is 2.71. The molecule has 1 aromatic heterocycles. The zero-order valence-electron chi connectivity index (χ0n) is 13.4. The van der Waals surface area contributed by atoms with E-state index in [0.717, 1.165) is 30.0 Å². The molecule has 1 aromatic rings. The monoisotopic (exact) mass is 321 g/mol. The van der Waals surface area contributed by atoms with Crippen LogP contribution in [0.2, 0.25) is 5.02 Å². The number of carbonyl (C=O) groups is 1. The van der Waals surface area contributed by atoms with Gasteiger partial charge >= 0.3 is 0 Å². The molecule has 1 heterocycles. The SMILES string of the molecule is Cc1c(Cl)c(C(=O)NCC23CC4CC(CC(C4)C2)C3)nn1C. The molecule has 120 valence electrons. The van der Waals surface area contributed by atoms with E-state index in [9.17, 15) is 4.79 Å². The molecular weight excluding hydrogens is 298 g/mol. The van der Waals surface area contributed by atoms with Crippen molar-refractivity contribution in [1.82, 2.24) is 15.1 Å². The van der Waals surface area contributed by atoms with Crippen molar-refractivity contribution in [3.8, 4) is 0 Å². The van der Waals surface area contributed by atoms with Crippen molar-refractivity contribution >= 4 is 17.5 Å². The van der Waals surface area contributed by atoms with Gasteiger partial charge in [0, 0.05) is 13.6 Å². The number of amides is 1. The lowest BCUT2D eigenvalue weighted by molar-refractivity contribution is -0.0503. The predicted molar refractivity (Wildman–Crippen MR) is 85.9 cm³/mol. The Bertz CT molecular complexity index is 586. The molecule has 4 nitrogen and oxygen atoms in total. The Kier molecular flexibility index (Phi) is 3.30. The second-order valence-corrected chi connectivity index (χ2v) is 8.35. The van der Waals surface area contributed by atoms with Crippen LogP contribution in [0, 0.1) is 30.1 Å². The van der Waals surface area contributed by atoms with E-state index in [-0.39, 0.29) is 5.91 Å². The van der Waals surface area contributed by atoms with Crippen molar-refractivity contribution in [2.45, 2.75) is 45.4 Å². The Hall–Kier alpha value is -1.03. The maximum absolute atomic E-state index is 12.5. The van der Waals surface area contributed by atoms with Crippen LogP contribution in [0.15, 0.2) is 0 Å². The van der Waals surface area contributed by atoms with Gasteiger partial charge in [-0.05, 0) is 68.6 Å². The normalized spacial score (nSPS) is 35.9. The first-order chi connectivity index (χ1) is 10.5. The zero-order chi connectivity index (χ0) is 15.5. The average molecular weight is 322 g/mol. The van der Waals surface area contributed by atoms with E-state index in [1.165, 1.54) is 38.5 Å². The number of nitrogens with one attached hydrogen (secondary N) is 1. The van der Waals surface area contributed by atoms with Crippen molar-refractivity contribution in [3.63, 3.8) is 0 Å². The first kappa shape index (κ1) is 14.6. The molecule has 5 heteroatoms. The molecule has 0 aliphatic heterocycles. The summed E-state index contributed by atoms with van der Waals surface area (Å²) in [5, 5.41) is 7.86. The molecule has 0 unspecified atom stereocenters. The van der Waals surface area contributed by atoms with Gasteiger partial charge in [-0.3, -0.25) is 9.48 Å². The minimum atomic E-state index is -0.121. The van der Waals surface area contributed by atoms with E-state index in [0.29, 0.717) is 16.1 Å². The van der Waals surface area contributed by atoms with Crippen molar-refractivity contribution in [2.24, 2.45) is 30.2 Å². The van der Waals surface area contributed by atoms with Gasteiger partial charge in [-0.15, -0.1) is 0 Å². The van der Waals surface area contributed by atoms with Crippen molar-refractivity contribution in [1.29, 1.82) is 0 Å². The Morgan fingerprint density at radius 2 is 1.82 bits per heavy atom. The van der Waals surface area contributed by atoms with Crippen LogP contribution in [0.5, 0.6) is 0 Å². The van der Waals surface area contributed by atoms with Crippen LogP contribution < -0.4 is 5.32 Å². The van der Waals surface area contributed by atoms with Gasteiger partial charge < -0.3 is 5.32 Å². The van der Waals surface area contributed by atoms with Crippen LogP contribution in [0.1, 0.15) is 54.7 Å². The van der Waals surface area contributed by atoms with Crippen molar-refractivity contribution in [3.05, 3.63) is 16.4 Å². The minimum absolute atomic E-state index is 0.121. The maximum Gasteiger partial charge on any atom is 0.273 e. The summed E-state index contributed by atoms with van der Waals surface area (Å²) in [6.45, 7) is 2.67. The highest BCUT2D eigenvalue weighted by atomic mass is 35.5. The molecule has 1 N–H and O–H groups in total. The van der Waals surface area contributed by atoms with Crippen molar-refractivity contribution < 1.29 is 4.79 Å². The summed E-state index contributed by atoms with van der Waals surface area (Å²) >= 11 is 6.22. The molecule has 4 saturated carbocycles. The predicted octanol–water partition coefficient (Wildman–Crippen LogP) is 3.33. The molecule has 0 saturated heterocycles. The number of nitrogens with zero attached hydrogens (tertiary/aromatic N) is 2. The lowest BCUT2D eigenvalue weighted by atomic mass is 9.49. The number of carbonyl (C=O) groups excluding carboxylic acids is 1. The fourth-order valence-corrected chi connectivity index (χ4v) is 5.83. The molecule has 4 fully saturated rings. The molecule has 22 heavy (non-hydrogen) atoms. The Balaban J connectivity index is 1.46. The van der Waals surface area contributed by atoms with Crippen LogP contribution in [0.3, 0.4) is 0 Å². The van der Waals surface area contributed by atoms with Gasteiger partial charge in [-0.2, -0.15) is 5.10 Å². The van der Waals surface area contributed by atoms with E-state index in [1.807, 2.05) is 14.0 Å². The number of rotatable bonds is 3. The van der Waals surface area contributed by atoms with E-state index < -0.39 is 0 Å². The van der Waals surface area contributed by atoms with Gasteiger partial charge in [0.25, 0.3) is 5.91 Å². The summed E-state index contributed by atoms with van der Waals surface area (Å²) in [7, 11) is 1.82. The summed E-state index contributed by atoms with van der Waals surface area (Å²) < 4.78 is 1.67. The summed E-state index contributed by atoms with van der Waals surface area (Å²) in [6.07, 6.45) is 8.19. The molecule has 4 aliphatic rings. The van der Waals surface area contributed by atoms with Crippen LogP contribution in [-0.4, -0.2) is 22.2 Å². The third-order valence-electron chi connectivity index (χ3n) is 6.27. The highest BCUT2D eigenvalue weighted by Crippen LogP contribution is 2.59. The molecule has 0 aromatic carbocycles. The fraction of sp³-hybridized carbons (Fsp3) is 0.765. The molecule has 1 amide bonds. The van der Waals surface area contributed by atoms with Gasteiger partial charge in [0.15, 0.2) is 5.69 Å². The number of halogens is 1. The highest BCUT2D eigenvalue weighted by molar-refractivity contribution is 6.34. The van der Waals surface area contributed by atoms with Crippen LogP contribution in [0.25, 0.3) is 0 Å². The summed E-state index contributed by atoms with van der Waals surface area (Å²) in [6, 6.07) is 0. The Labute approximate surface area is 136 Å². The first-order valence-electron chi connectivity index (χ1n) is 8.43. The molecule has 5 rings (SSSR count). The van der Waals surface area contributed by atoms with Gasteiger partial charge in [0.1, 0.15) is 0 Å². The van der Waals surface area contributed by atoms with E-state index >= 15 is 0 Å². The van der Waals surface area contributed by atoms with Gasteiger partial charge in [0.05, 0.1) is 10.7 Å². The Morgan fingerprint density at radius 3 is 2.27 bits per heavy atom. The topological polar surface area (TPSA) is 46.9 Å². The third kappa shape index (κ3) is 2.27. The smallest absolute Gasteiger partial charge is 0.273 e. The molecule has 0 radical (unpaired) electrons. The molecular formula is C17H24ClN3O. The van der Waals surface area contributed by atoms with E-state index in [4.69, 9.17) is 11.6 Å². The first-order valence-corrected chi connectivity index (χ1v) is 8.81. The summed E-state index contributed by atoms with van der Waals surface area (Å²) in [5.74, 6) is 2.60. The van der Waals surface area contributed by atoms with Crippen LogP contribution >= 0.6 is 11.6 Å². The van der Waals surface area contributed by atoms with Crippen LogP contribution in [0.4, 0.5) is 0 Å². The Morgan fingerprint density at radius 1 is 1.27 bits per heavy atom. The number of hydrogen-bond donors (Lipinski definition) is 1. The van der Waals surface area contributed by atoms with Gasteiger partial charge in [-0.1, -0.05) is 11.6 Å². The minimum Gasteiger partial charge on any atom is -0.350 e. The molecule has 4 aliphatic carbocycles. The standard InChI is InChI=1S/C17H24ClN3O/c1-10-14(18)15(20-21(10)2)16(22)19-9-17-6-11-3-12(7-17)5-13(4-11)8-17/h11-13H,3-9H2,1-2H3,(H,19,22). The second kappa shape index (κ2) is 4.98. The maximum atomic E-state index is 12.5. The number of aryl methyl sites for hydroxylation is 1. The van der Waals surface area contributed by atoms with E-state index in [2.05, 4.69) is 10.4 Å². The lowest BCUT2D eigenvalue weighted by Crippen LogP contribution is -2.51. The van der Waals surface area contributed by atoms with Crippen LogP contribution in [-0.2, 0) is 7.05 Å². The van der Waals surface area contributed by atoms with E-state index in [1.54, 1.807) is 4.68 Å². The fourth-order valence-electron chi connectivity index (χ4n) is 5.59. The largest absolute Gasteiger partial charge is 0.350 e. The summed E-state index contributed by atoms with van der Waals surface area (Å²) in [4.78, 5) is 12.5. The third-order valence-corrected chi connectivity index (χ3v) is 6.72. The molecule has 0 spiro atoms. The van der Waals surface area contributed by atoms with Gasteiger partial charge in [0.2, 0.25) is 0 Å². The second-order valence-electron chi connectivity index (χ2n) is 7.97. The summed E-state index contributed by atoms with van der Waals surface area (Å²) in [5.41, 5.74) is 1.55. The zero-order valence-corrected chi connectivity index (χ0v) is 14.1. The molecule has 4 bridgehead atoms. The number of hydrogen-bond acceptors (Lipinski definition) is 2. The highest BCUT2D eigenvalue weighted by Gasteiger charge is 2.50. The van der Waals surface area contributed by atoms with Gasteiger partial charge in [-0.25, -0.2) is 0 Å². The molecule has 0 atom stereocenters.